The van der Waals surface area contributed by atoms with Crippen LogP contribution in [0.5, 0.6) is 0 Å². The molecule has 0 saturated heterocycles. The summed E-state index contributed by atoms with van der Waals surface area (Å²) in [6, 6.07) is 4.02. The predicted octanol–water partition coefficient (Wildman–Crippen LogP) is -0.132. The Labute approximate surface area is 150 Å². The van der Waals surface area contributed by atoms with Gasteiger partial charge in [0, 0.05) is 98.1 Å². The first-order valence-corrected chi connectivity index (χ1v) is 3.44. The van der Waals surface area contributed by atoms with Crippen molar-refractivity contribution in [3.63, 3.8) is 0 Å². The number of rotatable bonds is 0. The fourth-order valence-electron chi connectivity index (χ4n) is 0.352. The Morgan fingerprint density at radius 2 is 1.40 bits per heavy atom. The summed E-state index contributed by atoms with van der Waals surface area (Å²) in [5.41, 5.74) is 0. The van der Waals surface area contributed by atoms with Crippen molar-refractivity contribution in [2.75, 3.05) is 0 Å². The fourth-order valence-corrected chi connectivity index (χ4v) is 0.777. The van der Waals surface area contributed by atoms with Crippen LogP contribution in [0.3, 0.4) is 0 Å². The molecule has 1 aromatic rings. The van der Waals surface area contributed by atoms with Crippen LogP contribution in [0.15, 0.2) is 24.5 Å². The van der Waals surface area contributed by atoms with Crippen molar-refractivity contribution in [2.24, 2.45) is 0 Å². The van der Waals surface area contributed by atoms with E-state index in [9.17, 15) is 0 Å². The molecule has 1 nitrogen and oxygen atoms in total. The SMILES string of the molecule is [Sn][c]1ccncc1.[Y].[Y].[Y]. The Hall–Kier alpha value is 3.26. The van der Waals surface area contributed by atoms with Crippen LogP contribution in [0.25, 0.3) is 0 Å². The summed E-state index contributed by atoms with van der Waals surface area (Å²) in [5.74, 6) is 0. The number of pyridine rings is 1. The maximum Gasteiger partial charge on any atom is 0 e. The molecule has 0 bridgehead atoms. The fraction of sp³-hybridized carbons (Fsp3) is 0. The Kier molecular flexibility index (Phi) is 23.2. The first kappa shape index (κ1) is 18.9. The molecule has 0 atom stereocenters. The van der Waals surface area contributed by atoms with Gasteiger partial charge in [-0.15, -0.1) is 0 Å². The molecule has 1 heterocycles. The van der Waals surface area contributed by atoms with Gasteiger partial charge in [0.05, 0.1) is 0 Å². The van der Waals surface area contributed by atoms with Gasteiger partial charge in [-0.1, -0.05) is 0 Å². The maximum absolute atomic E-state index is 3.86. The quantitative estimate of drug-likeness (QED) is 0.489. The van der Waals surface area contributed by atoms with Crippen molar-refractivity contribution >= 4 is 26.1 Å². The van der Waals surface area contributed by atoms with E-state index in [0.29, 0.717) is 0 Å². The molecule has 0 aliphatic carbocycles. The minimum atomic E-state index is 0. The van der Waals surface area contributed by atoms with Gasteiger partial charge in [0.15, 0.2) is 0 Å². The Bertz CT molecular complexity index is 147. The summed E-state index contributed by atoms with van der Waals surface area (Å²) < 4.78 is 1.35. The summed E-state index contributed by atoms with van der Waals surface area (Å²) in [6.45, 7) is 0. The van der Waals surface area contributed by atoms with Crippen molar-refractivity contribution < 1.29 is 98.1 Å². The van der Waals surface area contributed by atoms with Gasteiger partial charge < -0.3 is 0 Å². The third-order valence-corrected chi connectivity index (χ3v) is 1.63. The van der Waals surface area contributed by atoms with Gasteiger partial charge in [-0.05, 0) is 0 Å². The van der Waals surface area contributed by atoms with E-state index in [0.717, 1.165) is 0 Å². The molecule has 0 aliphatic rings. The zero-order chi connectivity index (χ0) is 5.11. The molecule has 10 heavy (non-hydrogen) atoms. The zero-order valence-electron chi connectivity index (χ0n) is 5.49. The van der Waals surface area contributed by atoms with E-state index >= 15 is 0 Å². The van der Waals surface area contributed by atoms with Crippen LogP contribution in [-0.2, 0) is 98.1 Å². The van der Waals surface area contributed by atoms with E-state index in [4.69, 9.17) is 0 Å². The molecular formula is C5H4NSnY3. The van der Waals surface area contributed by atoms with E-state index in [1.165, 1.54) is 26.1 Å². The molecule has 0 fully saturated rings. The van der Waals surface area contributed by atoms with Crippen molar-refractivity contribution in [3.8, 4) is 0 Å². The van der Waals surface area contributed by atoms with E-state index in [1.807, 2.05) is 24.5 Å². The van der Waals surface area contributed by atoms with Crippen LogP contribution < -0.4 is 3.58 Å². The number of aromatic nitrogens is 1. The average Bonchev–Trinajstić information content (AvgIpc) is 1.69. The molecule has 42 valence electrons. The maximum atomic E-state index is 3.86. The molecule has 0 aliphatic heterocycles. The summed E-state index contributed by atoms with van der Waals surface area (Å²) >= 11 is 1.45. The second kappa shape index (κ2) is 12.3. The summed E-state index contributed by atoms with van der Waals surface area (Å²) in [6.07, 6.45) is 3.62. The molecule has 0 N–H and O–H groups in total. The van der Waals surface area contributed by atoms with Crippen LogP contribution in [0.4, 0.5) is 0 Å². The van der Waals surface area contributed by atoms with Gasteiger partial charge in [-0.3, -0.25) is 0 Å². The summed E-state index contributed by atoms with van der Waals surface area (Å²) in [7, 11) is 0. The molecule has 0 spiro atoms. The van der Waals surface area contributed by atoms with Crippen LogP contribution in [0.2, 0.25) is 0 Å². The van der Waals surface area contributed by atoms with E-state index in [-0.39, 0.29) is 98.1 Å². The van der Waals surface area contributed by atoms with Crippen LogP contribution in [0, 0.1) is 0 Å². The first-order chi connectivity index (χ1) is 3.39. The molecule has 6 radical (unpaired) electrons. The second-order valence-electron chi connectivity index (χ2n) is 1.24. The van der Waals surface area contributed by atoms with Crippen molar-refractivity contribution in [2.45, 2.75) is 0 Å². The molecule has 1 aromatic heterocycles. The topological polar surface area (TPSA) is 12.9 Å². The molecule has 0 aromatic carbocycles. The van der Waals surface area contributed by atoms with Gasteiger partial charge in [0.25, 0.3) is 0 Å². The van der Waals surface area contributed by atoms with E-state index < -0.39 is 0 Å². The van der Waals surface area contributed by atoms with Crippen molar-refractivity contribution in [3.05, 3.63) is 24.5 Å². The van der Waals surface area contributed by atoms with Crippen LogP contribution in [-0.4, -0.2) is 27.5 Å². The second-order valence-corrected chi connectivity index (χ2v) is 2.88. The van der Waals surface area contributed by atoms with Gasteiger partial charge in [0.1, 0.15) is 0 Å². The minimum absolute atomic E-state index is 0. The van der Waals surface area contributed by atoms with Gasteiger partial charge in [-0.25, -0.2) is 0 Å². The molecule has 5 heteroatoms. The van der Waals surface area contributed by atoms with Gasteiger partial charge >= 0.3 is 55.6 Å². The number of hydrogen-bond donors (Lipinski definition) is 0. The van der Waals surface area contributed by atoms with Gasteiger partial charge in [-0.2, -0.15) is 0 Å². The monoisotopic (exact) mass is 465 g/mol. The molecule has 0 amide bonds. The number of hydrogen-bond acceptors (Lipinski definition) is 1. The zero-order valence-corrected chi connectivity index (χ0v) is 16.9. The standard InChI is InChI=1S/C5H4N.Sn.3Y/c1-2-4-6-5-3-1;;;;/h2-5H;;;;. The minimum Gasteiger partial charge on any atom is 0 e. The first-order valence-electron chi connectivity index (χ1n) is 2.01. The summed E-state index contributed by atoms with van der Waals surface area (Å²) in [4.78, 5) is 3.86. The average molecular weight is 464 g/mol. The van der Waals surface area contributed by atoms with Crippen molar-refractivity contribution in [1.82, 2.24) is 4.98 Å². The predicted molar refractivity (Wildman–Crippen MR) is 29.6 cm³/mol. The van der Waals surface area contributed by atoms with Crippen LogP contribution >= 0.6 is 0 Å². The molecule has 1 rings (SSSR count). The molecule has 0 unspecified atom stereocenters. The Morgan fingerprint density at radius 3 is 1.60 bits per heavy atom. The van der Waals surface area contributed by atoms with Gasteiger partial charge in [0.2, 0.25) is 0 Å². The van der Waals surface area contributed by atoms with Crippen LogP contribution in [0.1, 0.15) is 0 Å². The van der Waals surface area contributed by atoms with E-state index in [2.05, 4.69) is 4.98 Å². The Morgan fingerprint density at radius 1 is 1.00 bits per heavy atom. The largest absolute Gasteiger partial charge is 0 e. The Balaban J connectivity index is -0.000000163. The summed E-state index contributed by atoms with van der Waals surface area (Å²) in [5, 5.41) is 0. The smallest absolute Gasteiger partial charge is 0 e. The third kappa shape index (κ3) is 9.35. The molecular weight excluding hydrogens is 459 g/mol. The molecule has 0 saturated carbocycles. The third-order valence-electron chi connectivity index (χ3n) is 0.680. The van der Waals surface area contributed by atoms with E-state index in [1.54, 1.807) is 0 Å². The van der Waals surface area contributed by atoms with Crippen molar-refractivity contribution in [1.29, 1.82) is 0 Å². The number of nitrogens with zero attached hydrogens (tertiary/aromatic N) is 1. The normalized spacial score (nSPS) is 6.10.